The van der Waals surface area contributed by atoms with Gasteiger partial charge in [-0.3, -0.25) is 10.1 Å². The zero-order valence-electron chi connectivity index (χ0n) is 12.0. The van der Waals surface area contributed by atoms with Gasteiger partial charge in [-0.05, 0) is 17.5 Å². The van der Waals surface area contributed by atoms with Gasteiger partial charge in [-0.15, -0.1) is 11.3 Å². The second-order valence-electron chi connectivity index (χ2n) is 4.37. The maximum Gasteiger partial charge on any atom is 0.273 e. The fourth-order valence-electron chi connectivity index (χ4n) is 1.85. The monoisotopic (exact) mass is 333 g/mol. The van der Waals surface area contributed by atoms with E-state index in [0.29, 0.717) is 11.6 Å². The van der Waals surface area contributed by atoms with E-state index in [2.05, 4.69) is 10.1 Å². The van der Waals surface area contributed by atoms with Crippen LogP contribution in [0.4, 0.5) is 5.69 Å². The number of thiophene rings is 1. The molecule has 0 aliphatic carbocycles. The Hall–Kier alpha value is -2.94. The third-order valence-corrected chi connectivity index (χ3v) is 3.78. The molecule has 9 heteroatoms. The second-order valence-corrected chi connectivity index (χ2v) is 5.32. The molecule has 0 aliphatic rings. The fourth-order valence-corrected chi connectivity index (χ4v) is 2.50. The van der Waals surface area contributed by atoms with Gasteiger partial charge < -0.3 is 14.0 Å². The molecule has 8 nitrogen and oxygen atoms in total. The molecular weight excluding hydrogens is 322 g/mol. The molecule has 118 valence electrons. The van der Waals surface area contributed by atoms with Crippen LogP contribution in [0.1, 0.15) is 5.89 Å². The van der Waals surface area contributed by atoms with Gasteiger partial charge in [0.2, 0.25) is 5.82 Å². The number of non-ortho nitro benzene ring substituents is 1. The predicted molar refractivity (Wildman–Crippen MR) is 81.6 cm³/mol. The van der Waals surface area contributed by atoms with E-state index in [-0.39, 0.29) is 23.9 Å². The standard InChI is InChI=1S/C14H11N3O5S/c1-20-10-5-4-9(17(18)19)7-11(10)21-8-13-15-14(16-22-13)12-3-2-6-23-12/h2-7H,8H2,1H3. The summed E-state index contributed by atoms with van der Waals surface area (Å²) >= 11 is 1.49. The van der Waals surface area contributed by atoms with Crippen molar-refractivity contribution < 1.29 is 18.9 Å². The highest BCUT2D eigenvalue weighted by Gasteiger charge is 2.15. The van der Waals surface area contributed by atoms with Crippen molar-refractivity contribution in [2.45, 2.75) is 6.61 Å². The Kier molecular flexibility index (Phi) is 4.20. The van der Waals surface area contributed by atoms with Gasteiger partial charge in [0.25, 0.3) is 11.6 Å². The van der Waals surface area contributed by atoms with E-state index in [1.165, 1.54) is 36.6 Å². The number of methoxy groups -OCH3 is 1. The summed E-state index contributed by atoms with van der Waals surface area (Å²) in [6, 6.07) is 7.87. The van der Waals surface area contributed by atoms with Crippen molar-refractivity contribution in [3.8, 4) is 22.2 Å². The first-order chi connectivity index (χ1) is 11.2. The molecular formula is C14H11N3O5S. The van der Waals surface area contributed by atoms with Crippen molar-refractivity contribution in [2.75, 3.05) is 7.11 Å². The van der Waals surface area contributed by atoms with Gasteiger partial charge >= 0.3 is 0 Å². The number of ether oxygens (including phenoxy) is 2. The van der Waals surface area contributed by atoms with Crippen molar-refractivity contribution >= 4 is 17.0 Å². The molecule has 3 rings (SSSR count). The van der Waals surface area contributed by atoms with Gasteiger partial charge in [0.05, 0.1) is 23.0 Å². The van der Waals surface area contributed by atoms with Crippen LogP contribution < -0.4 is 9.47 Å². The van der Waals surface area contributed by atoms with Crippen molar-refractivity contribution in [1.82, 2.24) is 10.1 Å². The Bertz CT molecular complexity index is 816. The van der Waals surface area contributed by atoms with E-state index in [1.807, 2.05) is 17.5 Å². The number of aromatic nitrogens is 2. The lowest BCUT2D eigenvalue weighted by Crippen LogP contribution is -1.99. The summed E-state index contributed by atoms with van der Waals surface area (Å²) in [5, 5.41) is 16.6. The van der Waals surface area contributed by atoms with E-state index in [9.17, 15) is 10.1 Å². The Morgan fingerprint density at radius 1 is 1.35 bits per heavy atom. The highest BCUT2D eigenvalue weighted by molar-refractivity contribution is 7.13. The van der Waals surface area contributed by atoms with E-state index >= 15 is 0 Å². The summed E-state index contributed by atoms with van der Waals surface area (Å²) in [5.41, 5.74) is -0.0920. The molecule has 0 radical (unpaired) electrons. The summed E-state index contributed by atoms with van der Waals surface area (Å²) in [6.45, 7) is -0.0180. The van der Waals surface area contributed by atoms with Crippen LogP contribution in [0.2, 0.25) is 0 Å². The summed E-state index contributed by atoms with van der Waals surface area (Å²) < 4.78 is 15.7. The summed E-state index contributed by atoms with van der Waals surface area (Å²) in [5.74, 6) is 1.36. The third-order valence-electron chi connectivity index (χ3n) is 2.92. The van der Waals surface area contributed by atoms with Crippen LogP contribution in [0.5, 0.6) is 11.5 Å². The minimum absolute atomic E-state index is 0.0180. The normalized spacial score (nSPS) is 10.5. The number of nitro benzene ring substituents is 1. The molecule has 0 atom stereocenters. The lowest BCUT2D eigenvalue weighted by molar-refractivity contribution is -0.385. The number of benzene rings is 1. The molecule has 2 heterocycles. The summed E-state index contributed by atoms with van der Waals surface area (Å²) in [4.78, 5) is 15.4. The molecule has 0 N–H and O–H groups in total. The first kappa shape index (κ1) is 15.0. The number of hydrogen-bond acceptors (Lipinski definition) is 8. The molecule has 0 fully saturated rings. The minimum Gasteiger partial charge on any atom is -0.493 e. The number of rotatable bonds is 6. The van der Waals surface area contributed by atoms with Gasteiger partial charge in [-0.1, -0.05) is 11.2 Å². The van der Waals surface area contributed by atoms with Gasteiger partial charge in [0, 0.05) is 6.07 Å². The van der Waals surface area contributed by atoms with Crippen LogP contribution in [0.3, 0.4) is 0 Å². The minimum atomic E-state index is -0.506. The molecule has 2 aromatic heterocycles. The lowest BCUT2D eigenvalue weighted by atomic mass is 10.3. The highest BCUT2D eigenvalue weighted by atomic mass is 32.1. The van der Waals surface area contributed by atoms with Gasteiger partial charge in [0.1, 0.15) is 0 Å². The maximum atomic E-state index is 10.8. The first-order valence-corrected chi connectivity index (χ1v) is 7.37. The molecule has 0 bridgehead atoms. The molecule has 23 heavy (non-hydrogen) atoms. The SMILES string of the molecule is COc1ccc([N+](=O)[O-])cc1OCc1nc(-c2cccs2)no1. The zero-order valence-corrected chi connectivity index (χ0v) is 12.8. The zero-order chi connectivity index (χ0) is 16.2. The molecule has 0 spiro atoms. The molecule has 0 saturated carbocycles. The molecule has 0 saturated heterocycles. The second kappa shape index (κ2) is 6.44. The Balaban J connectivity index is 1.75. The van der Waals surface area contributed by atoms with E-state index in [0.717, 1.165) is 4.88 Å². The number of nitro groups is 1. The number of hydrogen-bond donors (Lipinski definition) is 0. The molecule has 3 aromatic rings. The topological polar surface area (TPSA) is 101 Å². The van der Waals surface area contributed by atoms with Crippen molar-refractivity contribution in [2.24, 2.45) is 0 Å². The van der Waals surface area contributed by atoms with E-state index in [4.69, 9.17) is 14.0 Å². The fraction of sp³-hybridized carbons (Fsp3) is 0.143. The smallest absolute Gasteiger partial charge is 0.273 e. The van der Waals surface area contributed by atoms with Crippen LogP contribution >= 0.6 is 11.3 Å². The summed E-state index contributed by atoms with van der Waals surface area (Å²) in [6.07, 6.45) is 0. The number of nitrogens with zero attached hydrogens (tertiary/aromatic N) is 3. The molecule has 0 amide bonds. The first-order valence-electron chi connectivity index (χ1n) is 6.49. The molecule has 0 unspecified atom stereocenters. The molecule has 0 aliphatic heterocycles. The Morgan fingerprint density at radius 3 is 2.91 bits per heavy atom. The van der Waals surface area contributed by atoms with Gasteiger partial charge in [-0.2, -0.15) is 4.98 Å². The van der Waals surface area contributed by atoms with Crippen LogP contribution in [0.15, 0.2) is 40.2 Å². The van der Waals surface area contributed by atoms with Crippen LogP contribution in [-0.2, 0) is 6.61 Å². The van der Waals surface area contributed by atoms with Crippen LogP contribution in [-0.4, -0.2) is 22.2 Å². The van der Waals surface area contributed by atoms with E-state index < -0.39 is 4.92 Å². The average molecular weight is 333 g/mol. The van der Waals surface area contributed by atoms with Crippen molar-refractivity contribution in [1.29, 1.82) is 0 Å². The third kappa shape index (κ3) is 3.29. The van der Waals surface area contributed by atoms with Crippen LogP contribution in [0.25, 0.3) is 10.7 Å². The summed E-state index contributed by atoms with van der Waals surface area (Å²) in [7, 11) is 1.45. The molecule has 1 aromatic carbocycles. The average Bonchev–Trinajstić information content (AvgIpc) is 3.23. The maximum absolute atomic E-state index is 10.8. The lowest BCUT2D eigenvalue weighted by Gasteiger charge is -2.08. The van der Waals surface area contributed by atoms with Gasteiger partial charge in [0.15, 0.2) is 18.1 Å². The quantitative estimate of drug-likeness (QED) is 0.504. The Labute approximate surface area is 134 Å². The van der Waals surface area contributed by atoms with Crippen molar-refractivity contribution in [3.63, 3.8) is 0 Å². The Morgan fingerprint density at radius 2 is 2.22 bits per heavy atom. The van der Waals surface area contributed by atoms with Gasteiger partial charge in [-0.25, -0.2) is 0 Å². The predicted octanol–water partition coefficient (Wildman–Crippen LogP) is 3.29. The van der Waals surface area contributed by atoms with E-state index in [1.54, 1.807) is 0 Å². The largest absolute Gasteiger partial charge is 0.493 e. The van der Waals surface area contributed by atoms with Crippen LogP contribution in [0, 0.1) is 10.1 Å². The highest BCUT2D eigenvalue weighted by Crippen LogP contribution is 2.31. The van der Waals surface area contributed by atoms with Crippen molar-refractivity contribution in [3.05, 3.63) is 51.7 Å².